The third-order valence-electron chi connectivity index (χ3n) is 6.34. The molecule has 0 heterocycles. The van der Waals surface area contributed by atoms with Crippen molar-refractivity contribution in [2.24, 2.45) is 0 Å². The molecule has 3 aromatic carbocycles. The van der Waals surface area contributed by atoms with Gasteiger partial charge in [0, 0.05) is 17.1 Å². The van der Waals surface area contributed by atoms with E-state index in [4.69, 9.17) is 0 Å². The average Bonchev–Trinajstić information content (AvgIpc) is 2.92. The van der Waals surface area contributed by atoms with E-state index in [1.54, 1.807) is 28.5 Å². The predicted octanol–water partition coefficient (Wildman–Crippen LogP) is 8.35. The molecule has 0 radical (unpaired) electrons. The molecule has 0 bridgehead atoms. The Bertz CT molecular complexity index is 962. The number of carbonyl (C=O) groups is 1. The molecule has 0 aromatic heterocycles. The zero-order chi connectivity index (χ0) is 26.9. The van der Waals surface area contributed by atoms with E-state index in [9.17, 15) is 9.90 Å². The topological polar surface area (TPSA) is 40.1 Å². The fourth-order valence-electron chi connectivity index (χ4n) is 4.41. The van der Waals surface area contributed by atoms with Crippen LogP contribution >= 0.6 is 0 Å². The van der Waals surface area contributed by atoms with Gasteiger partial charge in [-0.05, 0) is 74.8 Å². The first-order valence-electron chi connectivity index (χ1n) is 14.2. The number of hydrogen-bond acceptors (Lipinski definition) is 2. The monoisotopic (exact) mass is 518 g/mol. The summed E-state index contributed by atoms with van der Waals surface area (Å²) in [6.07, 6.45) is 12.0. The molecule has 3 heteroatoms. The quantitative estimate of drug-likeness (QED) is 0.201. The van der Waals surface area contributed by atoms with E-state index in [2.05, 4.69) is 93.6 Å². The minimum Gasteiger partial charge on any atom is -0.550 e. The first kappa shape index (κ1) is 30.7. The molecule has 0 saturated heterocycles. The van der Waals surface area contributed by atoms with Gasteiger partial charge in [0.1, 0.15) is 0 Å². The molecule has 0 aliphatic rings. The molecular formula is C34H46O2S. The highest BCUT2D eigenvalue weighted by atomic mass is 32.2. The number of carboxylic acids is 1. The van der Waals surface area contributed by atoms with Crippen molar-refractivity contribution in [3.8, 4) is 0 Å². The molecule has 0 aliphatic carbocycles. The summed E-state index contributed by atoms with van der Waals surface area (Å²) in [5, 5.41) is 9.49. The first-order chi connectivity index (χ1) is 18.0. The highest BCUT2D eigenvalue weighted by Crippen LogP contribution is 2.37. The lowest BCUT2D eigenvalue weighted by Crippen LogP contribution is -2.20. The van der Waals surface area contributed by atoms with Crippen LogP contribution < -0.4 is 5.11 Å². The van der Waals surface area contributed by atoms with Gasteiger partial charge in [0.25, 0.3) is 0 Å². The summed E-state index contributed by atoms with van der Waals surface area (Å²) in [7, 11) is -0.0587. The Morgan fingerprint density at radius 1 is 0.649 bits per heavy atom. The third-order valence-corrected chi connectivity index (χ3v) is 8.76. The summed E-state index contributed by atoms with van der Waals surface area (Å²) in [5.41, 5.74) is 4.74. The Hall–Kier alpha value is -2.52. The molecule has 0 fully saturated rings. The lowest BCUT2D eigenvalue weighted by Gasteiger charge is -2.18. The van der Waals surface area contributed by atoms with Crippen LogP contribution in [0.1, 0.15) is 95.8 Å². The maximum Gasteiger partial charge on any atom is 0.172 e. The molecule has 2 nitrogen and oxygen atoms in total. The smallest absolute Gasteiger partial charge is 0.172 e. The van der Waals surface area contributed by atoms with E-state index in [-0.39, 0.29) is 17.3 Å². The van der Waals surface area contributed by atoms with Gasteiger partial charge in [0.2, 0.25) is 0 Å². The van der Waals surface area contributed by atoms with Crippen molar-refractivity contribution in [2.75, 3.05) is 0 Å². The first-order valence-corrected chi connectivity index (χ1v) is 15.5. The van der Waals surface area contributed by atoms with Gasteiger partial charge >= 0.3 is 0 Å². The molecule has 0 saturated carbocycles. The second-order valence-electron chi connectivity index (χ2n) is 9.61. The van der Waals surface area contributed by atoms with E-state index in [1.165, 1.54) is 67.6 Å². The van der Waals surface area contributed by atoms with Gasteiger partial charge in [-0.3, -0.25) is 0 Å². The van der Waals surface area contributed by atoms with Crippen LogP contribution in [-0.2, 0) is 35.0 Å². The van der Waals surface area contributed by atoms with Crippen LogP contribution in [0, 0.1) is 0 Å². The average molecular weight is 519 g/mol. The van der Waals surface area contributed by atoms with Gasteiger partial charge in [-0.25, -0.2) is 0 Å². The standard InChI is InChI=1S/C30H39S.C4H8O2/c1-4-7-16-25-23-26(17-8-5-2)30(27(24-25)18-9-6-3)31(28-19-12-10-13-20-28)29-21-14-11-15-22-29;1-2-3-4(5)6/h10-15,19-24H,4-9,16-18H2,1-3H3;2-3H2,1H3,(H,5,6)/q+1;/p-1. The van der Waals surface area contributed by atoms with Crippen LogP contribution in [0.3, 0.4) is 0 Å². The summed E-state index contributed by atoms with van der Waals surface area (Å²) in [4.78, 5) is 14.0. The summed E-state index contributed by atoms with van der Waals surface area (Å²) >= 11 is 0. The molecule has 0 amide bonds. The Balaban J connectivity index is 0.000000717. The van der Waals surface area contributed by atoms with Gasteiger partial charge < -0.3 is 9.90 Å². The van der Waals surface area contributed by atoms with Crippen LogP contribution in [0.15, 0.2) is 87.5 Å². The molecule has 0 spiro atoms. The zero-order valence-electron chi connectivity index (χ0n) is 23.4. The summed E-state index contributed by atoms with van der Waals surface area (Å²) in [5.74, 6) is -0.961. The molecular weight excluding hydrogens is 472 g/mol. The van der Waals surface area contributed by atoms with Gasteiger partial charge in [0.05, 0.1) is 10.9 Å². The number of aliphatic carboxylic acids is 1. The third kappa shape index (κ3) is 10.4. The fourth-order valence-corrected chi connectivity index (χ4v) is 6.86. The van der Waals surface area contributed by atoms with Crippen molar-refractivity contribution in [3.05, 3.63) is 89.5 Å². The molecule has 0 N–H and O–H groups in total. The summed E-state index contributed by atoms with van der Waals surface area (Å²) < 4.78 is 0. The van der Waals surface area contributed by atoms with Crippen LogP contribution in [0.5, 0.6) is 0 Å². The SMILES string of the molecule is CCCC(=O)[O-].CCCCc1cc(CCCC)c([S+](c2ccccc2)c2ccccc2)c(CCCC)c1. The van der Waals surface area contributed by atoms with Crippen LogP contribution in [-0.4, -0.2) is 5.97 Å². The normalized spacial score (nSPS) is 10.7. The number of aryl methyl sites for hydroxylation is 3. The molecule has 3 rings (SSSR count). The fraction of sp³-hybridized carbons (Fsp3) is 0.441. The maximum absolute atomic E-state index is 9.49. The number of benzene rings is 3. The number of carboxylic acid groups (broad SMARTS) is 1. The second kappa shape index (κ2) is 17.9. The Kier molecular flexibility index (Phi) is 14.8. The Labute approximate surface area is 228 Å². The molecule has 0 atom stereocenters. The van der Waals surface area contributed by atoms with Crippen LogP contribution in [0.4, 0.5) is 0 Å². The molecule has 37 heavy (non-hydrogen) atoms. The van der Waals surface area contributed by atoms with E-state index in [0.717, 1.165) is 0 Å². The Morgan fingerprint density at radius 3 is 1.43 bits per heavy atom. The summed E-state index contributed by atoms with van der Waals surface area (Å²) in [6, 6.07) is 27.5. The number of carbonyl (C=O) groups excluding carboxylic acids is 1. The highest BCUT2D eigenvalue weighted by molar-refractivity contribution is 7.97. The van der Waals surface area contributed by atoms with Gasteiger partial charge in [-0.15, -0.1) is 0 Å². The van der Waals surface area contributed by atoms with Crippen molar-refractivity contribution in [1.29, 1.82) is 0 Å². The van der Waals surface area contributed by atoms with Crippen molar-refractivity contribution < 1.29 is 9.90 Å². The van der Waals surface area contributed by atoms with Crippen LogP contribution in [0.25, 0.3) is 0 Å². The van der Waals surface area contributed by atoms with Crippen molar-refractivity contribution in [1.82, 2.24) is 0 Å². The highest BCUT2D eigenvalue weighted by Gasteiger charge is 2.33. The largest absolute Gasteiger partial charge is 0.550 e. The van der Waals surface area contributed by atoms with Crippen LogP contribution in [0.2, 0.25) is 0 Å². The number of hydrogen-bond donors (Lipinski definition) is 0. The lowest BCUT2D eigenvalue weighted by atomic mass is 9.96. The predicted molar refractivity (Wildman–Crippen MR) is 157 cm³/mol. The van der Waals surface area contributed by atoms with Gasteiger partial charge in [-0.2, -0.15) is 0 Å². The van der Waals surface area contributed by atoms with Gasteiger partial charge in [-0.1, -0.05) is 102 Å². The molecule has 200 valence electrons. The molecule has 0 unspecified atom stereocenters. The van der Waals surface area contributed by atoms with Gasteiger partial charge in [0.15, 0.2) is 14.7 Å². The van der Waals surface area contributed by atoms with E-state index in [1.807, 2.05) is 0 Å². The number of rotatable bonds is 14. The van der Waals surface area contributed by atoms with E-state index in [0.29, 0.717) is 6.42 Å². The van der Waals surface area contributed by atoms with Crippen molar-refractivity contribution >= 4 is 16.9 Å². The Morgan fingerprint density at radius 2 is 1.08 bits per heavy atom. The second-order valence-corrected chi connectivity index (χ2v) is 11.6. The minimum atomic E-state index is -0.961. The van der Waals surface area contributed by atoms with Crippen molar-refractivity contribution in [2.45, 2.75) is 113 Å². The summed E-state index contributed by atoms with van der Waals surface area (Å²) in [6.45, 7) is 8.72. The zero-order valence-corrected chi connectivity index (χ0v) is 24.2. The van der Waals surface area contributed by atoms with Crippen molar-refractivity contribution in [3.63, 3.8) is 0 Å². The maximum atomic E-state index is 9.49. The number of unbranched alkanes of at least 4 members (excludes halogenated alkanes) is 3. The van der Waals surface area contributed by atoms with E-state index < -0.39 is 5.97 Å². The minimum absolute atomic E-state index is 0.0587. The molecule has 3 aromatic rings. The lowest BCUT2D eigenvalue weighted by molar-refractivity contribution is -0.305. The molecule has 0 aliphatic heterocycles. The van der Waals surface area contributed by atoms with E-state index >= 15 is 0 Å².